The molecule has 0 saturated carbocycles. The summed E-state index contributed by atoms with van der Waals surface area (Å²) in [6.07, 6.45) is 0.605. The Bertz CT molecular complexity index is 229. The van der Waals surface area contributed by atoms with E-state index in [2.05, 4.69) is 5.32 Å². The zero-order chi connectivity index (χ0) is 14.0. The summed E-state index contributed by atoms with van der Waals surface area (Å²) >= 11 is 0. The van der Waals surface area contributed by atoms with Crippen LogP contribution in [0.25, 0.3) is 0 Å². The van der Waals surface area contributed by atoms with Crippen LogP contribution in [0.5, 0.6) is 0 Å². The molecule has 108 valence electrons. The standard InChI is InChI=1S/C12H25N2O4/c1-11(15)13-6-9-17-8-5-7-14(16)18-10-12(2,3)4/h5-10H2,1-4H3,(H,13,15)/q-1. The van der Waals surface area contributed by atoms with Gasteiger partial charge >= 0.3 is 0 Å². The lowest BCUT2D eigenvalue weighted by atomic mass is 9.99. The Hall–Kier alpha value is -0.690. The lowest BCUT2D eigenvalue weighted by Gasteiger charge is -2.30. The van der Waals surface area contributed by atoms with Gasteiger partial charge in [-0.3, -0.25) is 10.0 Å². The zero-order valence-corrected chi connectivity index (χ0v) is 11.8. The van der Waals surface area contributed by atoms with Crippen LogP contribution in [0.3, 0.4) is 0 Å². The van der Waals surface area contributed by atoms with Gasteiger partial charge in [0, 0.05) is 26.6 Å². The van der Waals surface area contributed by atoms with Crippen LogP contribution in [0.2, 0.25) is 0 Å². The number of amides is 1. The van der Waals surface area contributed by atoms with Crippen LogP contribution in [0.15, 0.2) is 0 Å². The maximum absolute atomic E-state index is 11.2. The molecule has 0 radical (unpaired) electrons. The van der Waals surface area contributed by atoms with E-state index in [1.165, 1.54) is 6.92 Å². The molecule has 0 unspecified atom stereocenters. The highest BCUT2D eigenvalue weighted by Crippen LogP contribution is 2.13. The Labute approximate surface area is 109 Å². The highest BCUT2D eigenvalue weighted by molar-refractivity contribution is 5.72. The third-order valence-electron chi connectivity index (χ3n) is 1.89. The Morgan fingerprint density at radius 1 is 1.33 bits per heavy atom. The number of hydrogen-bond donors (Lipinski definition) is 1. The molecule has 0 fully saturated rings. The van der Waals surface area contributed by atoms with E-state index in [1.54, 1.807) is 0 Å². The molecule has 6 heteroatoms. The first-order valence-corrected chi connectivity index (χ1v) is 6.21. The molecule has 0 aliphatic rings. The second-order valence-corrected chi connectivity index (χ2v) is 5.34. The SMILES string of the molecule is CC(=O)NCCOCCCN([O-])OCC(C)(C)C. The van der Waals surface area contributed by atoms with Crippen LogP contribution in [0.4, 0.5) is 0 Å². The van der Waals surface area contributed by atoms with Crippen molar-refractivity contribution in [3.8, 4) is 0 Å². The van der Waals surface area contributed by atoms with Crippen LogP contribution < -0.4 is 5.32 Å². The fourth-order valence-corrected chi connectivity index (χ4v) is 1.03. The van der Waals surface area contributed by atoms with Gasteiger partial charge in [-0.25, -0.2) is 0 Å². The molecule has 1 amide bonds. The Kier molecular flexibility index (Phi) is 8.91. The molecular weight excluding hydrogens is 236 g/mol. The first-order valence-electron chi connectivity index (χ1n) is 6.21. The number of nitrogens with one attached hydrogen (secondary N) is 1. The highest BCUT2D eigenvalue weighted by atomic mass is 16.9. The maximum Gasteiger partial charge on any atom is 0.216 e. The molecule has 1 N–H and O–H groups in total. The molecular formula is C12H25N2O4-. The van der Waals surface area contributed by atoms with Gasteiger partial charge in [-0.05, 0) is 11.8 Å². The quantitative estimate of drug-likeness (QED) is 0.500. The summed E-state index contributed by atoms with van der Waals surface area (Å²) in [7, 11) is 0. The van der Waals surface area contributed by atoms with Crippen molar-refractivity contribution < 1.29 is 14.4 Å². The maximum atomic E-state index is 11.2. The smallest absolute Gasteiger partial charge is 0.216 e. The first kappa shape index (κ1) is 17.3. The van der Waals surface area contributed by atoms with Crippen molar-refractivity contribution >= 4 is 5.91 Å². The van der Waals surface area contributed by atoms with Crippen LogP contribution in [0, 0.1) is 10.6 Å². The molecule has 0 spiro atoms. The van der Waals surface area contributed by atoms with Gasteiger partial charge in [-0.2, -0.15) is 0 Å². The predicted octanol–water partition coefficient (Wildman–Crippen LogP) is 1.31. The second-order valence-electron chi connectivity index (χ2n) is 5.34. The van der Waals surface area contributed by atoms with Gasteiger partial charge in [0.1, 0.15) is 0 Å². The summed E-state index contributed by atoms with van der Waals surface area (Å²) in [4.78, 5) is 15.6. The van der Waals surface area contributed by atoms with Crippen molar-refractivity contribution in [1.29, 1.82) is 0 Å². The third kappa shape index (κ3) is 13.4. The normalized spacial score (nSPS) is 11.9. The molecule has 0 atom stereocenters. The van der Waals surface area contributed by atoms with Gasteiger partial charge in [-0.1, -0.05) is 20.8 Å². The van der Waals surface area contributed by atoms with Gasteiger partial charge < -0.3 is 20.1 Å². The number of nitrogens with zero attached hydrogens (tertiary/aromatic N) is 1. The van der Waals surface area contributed by atoms with E-state index in [-0.39, 0.29) is 17.9 Å². The summed E-state index contributed by atoms with van der Waals surface area (Å²) in [6, 6.07) is 0. The summed E-state index contributed by atoms with van der Waals surface area (Å²) < 4.78 is 5.24. The van der Waals surface area contributed by atoms with Gasteiger partial charge in [0.15, 0.2) is 0 Å². The topological polar surface area (TPSA) is 73.9 Å². The Balaban J connectivity index is 3.30. The van der Waals surface area contributed by atoms with Gasteiger partial charge in [-0.15, -0.1) is 0 Å². The molecule has 0 heterocycles. The molecule has 0 aromatic heterocycles. The lowest BCUT2D eigenvalue weighted by Crippen LogP contribution is -2.26. The average molecular weight is 261 g/mol. The van der Waals surface area contributed by atoms with Crippen molar-refractivity contribution in [3.05, 3.63) is 5.21 Å². The molecule has 0 aliphatic heterocycles. The van der Waals surface area contributed by atoms with Crippen molar-refractivity contribution in [2.45, 2.75) is 34.1 Å². The third-order valence-corrected chi connectivity index (χ3v) is 1.89. The van der Waals surface area contributed by atoms with E-state index in [0.29, 0.717) is 38.0 Å². The molecule has 0 aliphatic carbocycles. The minimum Gasteiger partial charge on any atom is -0.762 e. The van der Waals surface area contributed by atoms with E-state index in [0.717, 1.165) is 0 Å². The predicted molar refractivity (Wildman–Crippen MR) is 69.6 cm³/mol. The van der Waals surface area contributed by atoms with Gasteiger partial charge in [0.05, 0.1) is 13.2 Å². The summed E-state index contributed by atoms with van der Waals surface area (Å²) in [5, 5.41) is 14.5. The monoisotopic (exact) mass is 261 g/mol. The van der Waals surface area contributed by atoms with Crippen molar-refractivity contribution in [2.75, 3.05) is 32.9 Å². The fourth-order valence-electron chi connectivity index (χ4n) is 1.03. The summed E-state index contributed by atoms with van der Waals surface area (Å²) in [5.41, 5.74) is -0.0163. The van der Waals surface area contributed by atoms with E-state index in [9.17, 15) is 10.0 Å². The Morgan fingerprint density at radius 2 is 2.00 bits per heavy atom. The van der Waals surface area contributed by atoms with Crippen molar-refractivity contribution in [3.63, 3.8) is 0 Å². The van der Waals surface area contributed by atoms with E-state index < -0.39 is 0 Å². The number of rotatable bonds is 9. The largest absolute Gasteiger partial charge is 0.762 e. The Morgan fingerprint density at radius 3 is 2.56 bits per heavy atom. The molecule has 18 heavy (non-hydrogen) atoms. The molecule has 6 nitrogen and oxygen atoms in total. The molecule has 0 bridgehead atoms. The average Bonchev–Trinajstić information content (AvgIpc) is 2.23. The number of carbonyl (C=O) groups excluding carboxylic acids is 1. The van der Waals surface area contributed by atoms with Crippen LogP contribution in [-0.2, 0) is 14.4 Å². The summed E-state index contributed by atoms with van der Waals surface area (Å²) in [6.45, 7) is 9.61. The van der Waals surface area contributed by atoms with Crippen molar-refractivity contribution in [1.82, 2.24) is 10.5 Å². The highest BCUT2D eigenvalue weighted by Gasteiger charge is 2.10. The second kappa shape index (κ2) is 9.27. The van der Waals surface area contributed by atoms with E-state index >= 15 is 0 Å². The van der Waals surface area contributed by atoms with Crippen LogP contribution in [0.1, 0.15) is 34.1 Å². The number of hydrogen-bond acceptors (Lipinski definition) is 5. The summed E-state index contributed by atoms with van der Waals surface area (Å²) in [5.74, 6) is -0.0695. The van der Waals surface area contributed by atoms with Gasteiger partial charge in [0.2, 0.25) is 5.91 Å². The first-order chi connectivity index (χ1) is 8.31. The molecule has 0 aromatic rings. The lowest BCUT2D eigenvalue weighted by molar-refractivity contribution is -0.145. The molecule has 0 rings (SSSR count). The minimum absolute atomic E-state index is 0.0163. The molecule has 0 saturated heterocycles. The van der Waals surface area contributed by atoms with E-state index in [4.69, 9.17) is 9.57 Å². The zero-order valence-electron chi connectivity index (χ0n) is 11.8. The number of hydroxylamine groups is 2. The van der Waals surface area contributed by atoms with E-state index in [1.807, 2.05) is 20.8 Å². The van der Waals surface area contributed by atoms with Crippen molar-refractivity contribution in [2.24, 2.45) is 5.41 Å². The van der Waals surface area contributed by atoms with Gasteiger partial charge in [0.25, 0.3) is 0 Å². The molecule has 0 aromatic carbocycles. The number of carbonyl (C=O) groups is 1. The van der Waals surface area contributed by atoms with Crippen LogP contribution >= 0.6 is 0 Å². The number of ether oxygens (including phenoxy) is 1. The van der Waals surface area contributed by atoms with Crippen LogP contribution in [-0.4, -0.2) is 44.0 Å². The minimum atomic E-state index is -0.0695. The fraction of sp³-hybridized carbons (Fsp3) is 0.917.